The van der Waals surface area contributed by atoms with Gasteiger partial charge in [0.2, 0.25) is 5.91 Å². The summed E-state index contributed by atoms with van der Waals surface area (Å²) in [7, 11) is 1.56. The van der Waals surface area contributed by atoms with E-state index in [4.69, 9.17) is 10.5 Å². The summed E-state index contributed by atoms with van der Waals surface area (Å²) < 4.78 is 5.10. The van der Waals surface area contributed by atoms with Crippen LogP contribution in [0.3, 0.4) is 0 Å². The van der Waals surface area contributed by atoms with E-state index >= 15 is 0 Å². The van der Waals surface area contributed by atoms with Gasteiger partial charge < -0.3 is 15.8 Å². The maximum absolute atomic E-state index is 11.5. The van der Waals surface area contributed by atoms with Crippen molar-refractivity contribution in [3.63, 3.8) is 0 Å². The Bertz CT molecular complexity index is 339. The molecular formula is C11H16N2O2. The SMILES string of the molecule is CC[C@@H](N)C(=O)Nc1ccccc1OC. The third-order valence-electron chi connectivity index (χ3n) is 2.14. The highest BCUT2D eigenvalue weighted by Crippen LogP contribution is 2.22. The third kappa shape index (κ3) is 2.95. The van der Waals surface area contributed by atoms with Gasteiger partial charge in [-0.15, -0.1) is 0 Å². The van der Waals surface area contributed by atoms with Crippen molar-refractivity contribution in [1.29, 1.82) is 0 Å². The molecule has 1 atom stereocenters. The van der Waals surface area contributed by atoms with Crippen LogP contribution in [-0.4, -0.2) is 19.1 Å². The minimum absolute atomic E-state index is 0.193. The second kappa shape index (κ2) is 5.36. The average molecular weight is 208 g/mol. The summed E-state index contributed by atoms with van der Waals surface area (Å²) in [6, 6.07) is 6.76. The van der Waals surface area contributed by atoms with Gasteiger partial charge >= 0.3 is 0 Å². The van der Waals surface area contributed by atoms with Crippen molar-refractivity contribution >= 4 is 11.6 Å². The summed E-state index contributed by atoms with van der Waals surface area (Å²) in [6.07, 6.45) is 0.612. The van der Waals surface area contributed by atoms with E-state index in [9.17, 15) is 4.79 Å². The molecule has 4 nitrogen and oxygen atoms in total. The minimum Gasteiger partial charge on any atom is -0.495 e. The van der Waals surface area contributed by atoms with Crippen LogP contribution in [0.2, 0.25) is 0 Å². The highest BCUT2D eigenvalue weighted by Gasteiger charge is 2.12. The minimum atomic E-state index is -0.477. The lowest BCUT2D eigenvalue weighted by Gasteiger charge is -2.12. The number of carbonyl (C=O) groups excluding carboxylic acids is 1. The Labute approximate surface area is 89.4 Å². The van der Waals surface area contributed by atoms with Crippen LogP contribution in [0.5, 0.6) is 5.75 Å². The van der Waals surface area contributed by atoms with Crippen LogP contribution in [0.15, 0.2) is 24.3 Å². The number of anilines is 1. The molecule has 0 fully saturated rings. The smallest absolute Gasteiger partial charge is 0.241 e. The van der Waals surface area contributed by atoms with Gasteiger partial charge in [-0.2, -0.15) is 0 Å². The number of amides is 1. The number of para-hydroxylation sites is 2. The maximum atomic E-state index is 11.5. The molecule has 0 saturated carbocycles. The van der Waals surface area contributed by atoms with Gasteiger partial charge in [-0.25, -0.2) is 0 Å². The molecule has 3 N–H and O–H groups in total. The molecule has 1 amide bonds. The van der Waals surface area contributed by atoms with Crippen LogP contribution >= 0.6 is 0 Å². The summed E-state index contributed by atoms with van der Waals surface area (Å²) in [6.45, 7) is 1.87. The predicted octanol–water partition coefficient (Wildman–Crippen LogP) is 1.37. The normalized spacial score (nSPS) is 11.9. The molecule has 1 aromatic carbocycles. The molecule has 0 spiro atoms. The zero-order valence-electron chi connectivity index (χ0n) is 8.99. The lowest BCUT2D eigenvalue weighted by atomic mass is 10.2. The summed E-state index contributed by atoms with van der Waals surface area (Å²) in [5.74, 6) is 0.441. The lowest BCUT2D eigenvalue weighted by molar-refractivity contribution is -0.117. The van der Waals surface area contributed by atoms with Gasteiger partial charge in [-0.3, -0.25) is 4.79 Å². The molecule has 1 rings (SSSR count). The largest absolute Gasteiger partial charge is 0.495 e. The van der Waals surface area contributed by atoms with Gasteiger partial charge in [0.05, 0.1) is 18.8 Å². The number of hydrogen-bond donors (Lipinski definition) is 2. The zero-order valence-corrected chi connectivity index (χ0v) is 8.99. The molecule has 4 heteroatoms. The van der Waals surface area contributed by atoms with E-state index in [-0.39, 0.29) is 5.91 Å². The number of benzene rings is 1. The van der Waals surface area contributed by atoms with Crippen LogP contribution in [0.4, 0.5) is 5.69 Å². The van der Waals surface area contributed by atoms with Crippen molar-refractivity contribution in [2.45, 2.75) is 19.4 Å². The van der Waals surface area contributed by atoms with E-state index < -0.39 is 6.04 Å². The first kappa shape index (κ1) is 11.5. The molecular weight excluding hydrogens is 192 g/mol. The molecule has 0 aromatic heterocycles. The molecule has 0 unspecified atom stereocenters. The molecule has 0 saturated heterocycles. The van der Waals surface area contributed by atoms with Crippen molar-refractivity contribution < 1.29 is 9.53 Å². The van der Waals surface area contributed by atoms with Gasteiger partial charge in [0.1, 0.15) is 5.75 Å². The quantitative estimate of drug-likeness (QED) is 0.785. The summed E-state index contributed by atoms with van der Waals surface area (Å²) in [5.41, 5.74) is 6.25. The number of hydrogen-bond acceptors (Lipinski definition) is 3. The summed E-state index contributed by atoms with van der Waals surface area (Å²) in [5, 5.41) is 2.72. The number of carbonyl (C=O) groups is 1. The van der Waals surface area contributed by atoms with Crippen molar-refractivity contribution in [1.82, 2.24) is 0 Å². The molecule has 0 aliphatic rings. The van der Waals surface area contributed by atoms with Crippen LogP contribution in [0, 0.1) is 0 Å². The number of methoxy groups -OCH3 is 1. The zero-order chi connectivity index (χ0) is 11.3. The average Bonchev–Trinajstić information content (AvgIpc) is 2.28. The van der Waals surface area contributed by atoms with Crippen molar-refractivity contribution in [3.05, 3.63) is 24.3 Å². The fourth-order valence-electron chi connectivity index (χ4n) is 1.16. The van der Waals surface area contributed by atoms with Gasteiger partial charge in [-0.05, 0) is 18.6 Å². The molecule has 0 radical (unpaired) electrons. The second-order valence-corrected chi connectivity index (χ2v) is 3.20. The van der Waals surface area contributed by atoms with Gasteiger partial charge in [0, 0.05) is 0 Å². The van der Waals surface area contributed by atoms with Crippen molar-refractivity contribution in [3.8, 4) is 5.75 Å². The Balaban J connectivity index is 2.76. The molecule has 1 aromatic rings. The third-order valence-corrected chi connectivity index (χ3v) is 2.14. The van der Waals surface area contributed by atoms with Gasteiger partial charge in [0.25, 0.3) is 0 Å². The van der Waals surface area contributed by atoms with E-state index in [0.29, 0.717) is 17.9 Å². The Morgan fingerprint density at radius 1 is 1.53 bits per heavy atom. The van der Waals surface area contributed by atoms with Crippen LogP contribution in [-0.2, 0) is 4.79 Å². The Morgan fingerprint density at radius 3 is 2.80 bits per heavy atom. The maximum Gasteiger partial charge on any atom is 0.241 e. The van der Waals surface area contributed by atoms with E-state index in [1.54, 1.807) is 19.2 Å². The molecule has 0 bridgehead atoms. The van der Waals surface area contributed by atoms with E-state index in [1.165, 1.54) is 0 Å². The monoisotopic (exact) mass is 208 g/mol. The number of nitrogens with two attached hydrogens (primary N) is 1. The number of rotatable bonds is 4. The second-order valence-electron chi connectivity index (χ2n) is 3.20. The Kier molecular flexibility index (Phi) is 4.12. The van der Waals surface area contributed by atoms with Crippen LogP contribution in [0.1, 0.15) is 13.3 Å². The molecule has 0 aliphatic heterocycles. The molecule has 82 valence electrons. The van der Waals surface area contributed by atoms with Crippen molar-refractivity contribution in [2.75, 3.05) is 12.4 Å². The van der Waals surface area contributed by atoms with Crippen molar-refractivity contribution in [2.24, 2.45) is 5.73 Å². The van der Waals surface area contributed by atoms with Gasteiger partial charge in [0.15, 0.2) is 0 Å². The first-order valence-electron chi connectivity index (χ1n) is 4.88. The molecule has 15 heavy (non-hydrogen) atoms. The predicted molar refractivity (Wildman–Crippen MR) is 59.9 cm³/mol. The summed E-state index contributed by atoms with van der Waals surface area (Å²) in [4.78, 5) is 11.5. The van der Waals surface area contributed by atoms with Crippen LogP contribution < -0.4 is 15.8 Å². The van der Waals surface area contributed by atoms with Crippen LogP contribution in [0.25, 0.3) is 0 Å². The standard InChI is InChI=1S/C11H16N2O2/c1-3-8(12)11(14)13-9-6-4-5-7-10(9)15-2/h4-8H,3,12H2,1-2H3,(H,13,14)/t8-/m1/s1. The first-order valence-corrected chi connectivity index (χ1v) is 4.88. The van der Waals surface area contributed by atoms with E-state index in [2.05, 4.69) is 5.32 Å². The Hall–Kier alpha value is -1.55. The highest BCUT2D eigenvalue weighted by molar-refractivity contribution is 5.95. The lowest BCUT2D eigenvalue weighted by Crippen LogP contribution is -2.34. The van der Waals surface area contributed by atoms with Gasteiger partial charge in [-0.1, -0.05) is 19.1 Å². The fourth-order valence-corrected chi connectivity index (χ4v) is 1.16. The number of nitrogens with one attached hydrogen (secondary N) is 1. The molecule has 0 heterocycles. The van der Waals surface area contributed by atoms with E-state index in [1.807, 2.05) is 19.1 Å². The molecule has 0 aliphatic carbocycles. The number of ether oxygens (including phenoxy) is 1. The highest BCUT2D eigenvalue weighted by atomic mass is 16.5. The fraction of sp³-hybridized carbons (Fsp3) is 0.364. The first-order chi connectivity index (χ1) is 7.19. The summed E-state index contributed by atoms with van der Waals surface area (Å²) >= 11 is 0. The Morgan fingerprint density at radius 2 is 2.20 bits per heavy atom. The topological polar surface area (TPSA) is 64.4 Å². The van der Waals surface area contributed by atoms with E-state index in [0.717, 1.165) is 0 Å².